The minimum absolute atomic E-state index is 0.0245. The van der Waals surface area contributed by atoms with Crippen LogP contribution >= 0.6 is 11.3 Å². The molecule has 3 rings (SSSR count). The second kappa shape index (κ2) is 10.6. The number of hydrogen-bond donors (Lipinski definition) is 0. The second-order valence-electron chi connectivity index (χ2n) is 7.41. The number of nitrogens with zero attached hydrogens (tertiary/aromatic N) is 2. The highest BCUT2D eigenvalue weighted by Crippen LogP contribution is 2.23. The van der Waals surface area contributed by atoms with Crippen LogP contribution in [0, 0.1) is 19.8 Å². The molecule has 0 radical (unpaired) electrons. The summed E-state index contributed by atoms with van der Waals surface area (Å²) in [5.41, 5.74) is 4.36. The number of carbonyl (C=O) groups excluding carboxylic acids is 1. The van der Waals surface area contributed by atoms with Crippen LogP contribution in [0.5, 0.6) is 0 Å². The summed E-state index contributed by atoms with van der Waals surface area (Å²) in [7, 11) is 0. The summed E-state index contributed by atoms with van der Waals surface area (Å²) in [4.78, 5) is 21.2. The number of aryl methyl sites for hydroxylation is 2. The first-order valence-corrected chi connectivity index (χ1v) is 11.2. The lowest BCUT2D eigenvalue weighted by molar-refractivity contribution is -0.150. The number of piperidine rings is 1. The average molecular weight is 415 g/mol. The van der Waals surface area contributed by atoms with Gasteiger partial charge in [-0.25, -0.2) is 0 Å². The molecule has 0 aliphatic carbocycles. The molecular formula is C23H30N2O3S. The minimum Gasteiger partial charge on any atom is -0.466 e. The zero-order valence-electron chi connectivity index (χ0n) is 17.5. The number of esters is 1. The van der Waals surface area contributed by atoms with Crippen molar-refractivity contribution in [2.45, 2.75) is 33.6 Å². The van der Waals surface area contributed by atoms with Crippen LogP contribution in [-0.2, 0) is 14.4 Å². The van der Waals surface area contributed by atoms with E-state index in [2.05, 4.69) is 47.5 Å². The maximum Gasteiger partial charge on any atom is 0.310 e. The number of oxime groups is 1. The topological polar surface area (TPSA) is 51.1 Å². The molecule has 156 valence electrons. The molecule has 2 heterocycles. The fourth-order valence-electron chi connectivity index (χ4n) is 3.66. The van der Waals surface area contributed by atoms with Crippen molar-refractivity contribution >= 4 is 23.0 Å². The predicted octanol–water partition coefficient (Wildman–Crippen LogP) is 4.41. The second-order valence-corrected chi connectivity index (χ2v) is 8.33. The Morgan fingerprint density at radius 2 is 2.07 bits per heavy atom. The van der Waals surface area contributed by atoms with E-state index in [1.807, 2.05) is 19.1 Å². The van der Waals surface area contributed by atoms with Crippen LogP contribution < -0.4 is 0 Å². The highest BCUT2D eigenvalue weighted by Gasteiger charge is 2.26. The van der Waals surface area contributed by atoms with Crippen LogP contribution in [0.4, 0.5) is 0 Å². The van der Waals surface area contributed by atoms with Gasteiger partial charge in [-0.1, -0.05) is 29.4 Å². The van der Waals surface area contributed by atoms with Gasteiger partial charge in [0.2, 0.25) is 0 Å². The molecule has 1 atom stereocenters. The van der Waals surface area contributed by atoms with Crippen LogP contribution in [0.25, 0.3) is 0 Å². The number of hydrogen-bond acceptors (Lipinski definition) is 6. The van der Waals surface area contributed by atoms with Gasteiger partial charge in [-0.15, -0.1) is 11.3 Å². The number of carbonyl (C=O) groups is 1. The van der Waals surface area contributed by atoms with Gasteiger partial charge in [-0.05, 0) is 62.7 Å². The Morgan fingerprint density at radius 3 is 2.79 bits per heavy atom. The molecule has 0 N–H and O–H groups in total. The van der Waals surface area contributed by atoms with E-state index in [0.29, 0.717) is 13.2 Å². The van der Waals surface area contributed by atoms with Gasteiger partial charge in [0.1, 0.15) is 12.3 Å². The van der Waals surface area contributed by atoms with Crippen molar-refractivity contribution in [3.63, 3.8) is 0 Å². The molecule has 1 saturated heterocycles. The van der Waals surface area contributed by atoms with Crippen molar-refractivity contribution in [3.8, 4) is 0 Å². The Hall–Kier alpha value is -2.18. The lowest BCUT2D eigenvalue weighted by Gasteiger charge is -2.30. The largest absolute Gasteiger partial charge is 0.466 e. The number of thiophene rings is 1. The molecular weight excluding hydrogens is 384 g/mol. The zero-order chi connectivity index (χ0) is 20.6. The number of ether oxygens (including phenoxy) is 1. The molecule has 5 nitrogen and oxygen atoms in total. The Kier molecular flexibility index (Phi) is 7.83. The predicted molar refractivity (Wildman–Crippen MR) is 118 cm³/mol. The number of benzene rings is 1. The average Bonchev–Trinajstić information content (AvgIpc) is 3.15. The Balaban J connectivity index is 1.63. The first kappa shape index (κ1) is 21.5. The first-order chi connectivity index (χ1) is 14.1. The summed E-state index contributed by atoms with van der Waals surface area (Å²) in [6, 6.07) is 10.4. The highest BCUT2D eigenvalue weighted by molar-refractivity contribution is 7.12. The molecule has 6 heteroatoms. The molecule has 1 aromatic carbocycles. The van der Waals surface area contributed by atoms with Crippen molar-refractivity contribution < 1.29 is 14.4 Å². The van der Waals surface area contributed by atoms with E-state index < -0.39 is 0 Å². The molecule has 0 amide bonds. The third-order valence-corrected chi connectivity index (χ3v) is 6.28. The van der Waals surface area contributed by atoms with E-state index in [1.54, 1.807) is 11.3 Å². The van der Waals surface area contributed by atoms with Crippen molar-refractivity contribution in [3.05, 3.63) is 57.3 Å². The van der Waals surface area contributed by atoms with Crippen LogP contribution in [0.3, 0.4) is 0 Å². The first-order valence-electron chi connectivity index (χ1n) is 10.3. The summed E-state index contributed by atoms with van der Waals surface area (Å²) in [6.07, 6.45) is 1.92. The standard InChI is InChI=1S/C23H30N2O3S/c1-4-27-23(26)19-9-7-12-25(16-19)13-14-28-24-21(22-18(3)11-15-29-22)20-10-6-5-8-17(20)2/h5-6,8,10-11,15,19H,4,7,9,12-14,16H2,1-3H3/b24-21+/t19-/m1/s1. The zero-order valence-corrected chi connectivity index (χ0v) is 18.3. The smallest absolute Gasteiger partial charge is 0.310 e. The van der Waals surface area contributed by atoms with Gasteiger partial charge < -0.3 is 9.57 Å². The monoisotopic (exact) mass is 414 g/mol. The third-order valence-electron chi connectivity index (χ3n) is 5.26. The van der Waals surface area contributed by atoms with E-state index in [4.69, 9.17) is 9.57 Å². The highest BCUT2D eigenvalue weighted by atomic mass is 32.1. The molecule has 29 heavy (non-hydrogen) atoms. The Bertz CT molecular complexity index is 846. The lowest BCUT2D eigenvalue weighted by Crippen LogP contribution is -2.40. The van der Waals surface area contributed by atoms with Crippen LogP contribution in [0.2, 0.25) is 0 Å². The number of rotatable bonds is 8. The Labute approximate surface area is 177 Å². The summed E-state index contributed by atoms with van der Waals surface area (Å²) >= 11 is 1.68. The summed E-state index contributed by atoms with van der Waals surface area (Å²) in [6.45, 7) is 9.46. The minimum atomic E-state index is -0.0776. The van der Waals surface area contributed by atoms with Gasteiger partial charge in [0.25, 0.3) is 0 Å². The van der Waals surface area contributed by atoms with Crippen molar-refractivity contribution in [1.82, 2.24) is 4.90 Å². The molecule has 1 aliphatic heterocycles. The fourth-order valence-corrected chi connectivity index (χ4v) is 4.58. The van der Waals surface area contributed by atoms with Crippen LogP contribution in [0.1, 0.15) is 41.3 Å². The SMILES string of the molecule is CCOC(=O)[C@@H]1CCCN(CCO/N=C(\c2ccccc2C)c2sccc2C)C1. The van der Waals surface area contributed by atoms with Gasteiger partial charge in [0, 0.05) is 18.7 Å². The summed E-state index contributed by atoms with van der Waals surface area (Å²) < 4.78 is 5.18. The Morgan fingerprint density at radius 1 is 1.24 bits per heavy atom. The van der Waals surface area contributed by atoms with Gasteiger partial charge >= 0.3 is 5.97 Å². The molecule has 1 aliphatic rings. The molecule has 0 bridgehead atoms. The van der Waals surface area contributed by atoms with Crippen molar-refractivity contribution in [2.24, 2.45) is 11.1 Å². The molecule has 0 spiro atoms. The van der Waals surface area contributed by atoms with Crippen molar-refractivity contribution in [2.75, 3.05) is 32.8 Å². The third kappa shape index (κ3) is 5.67. The van der Waals surface area contributed by atoms with E-state index >= 15 is 0 Å². The molecule has 2 aromatic rings. The quantitative estimate of drug-likeness (QED) is 0.278. The maximum atomic E-state index is 12.0. The van der Waals surface area contributed by atoms with Gasteiger partial charge in [0.15, 0.2) is 0 Å². The normalized spacial score (nSPS) is 17.9. The summed E-state index contributed by atoms with van der Waals surface area (Å²) in [5, 5.41) is 6.62. The van der Waals surface area contributed by atoms with E-state index in [-0.39, 0.29) is 11.9 Å². The molecule has 0 saturated carbocycles. The van der Waals surface area contributed by atoms with E-state index in [9.17, 15) is 4.79 Å². The van der Waals surface area contributed by atoms with Gasteiger partial charge in [0.05, 0.1) is 17.4 Å². The lowest BCUT2D eigenvalue weighted by atomic mass is 9.98. The fraction of sp³-hybridized carbons (Fsp3) is 0.478. The molecule has 1 fully saturated rings. The van der Waals surface area contributed by atoms with E-state index in [0.717, 1.165) is 48.6 Å². The van der Waals surface area contributed by atoms with E-state index in [1.165, 1.54) is 11.1 Å². The van der Waals surface area contributed by atoms with Gasteiger partial charge in [-0.3, -0.25) is 9.69 Å². The van der Waals surface area contributed by atoms with Crippen LogP contribution in [0.15, 0.2) is 40.9 Å². The molecule has 0 unspecified atom stereocenters. The van der Waals surface area contributed by atoms with Crippen molar-refractivity contribution in [1.29, 1.82) is 0 Å². The number of likely N-dealkylation sites (tertiary alicyclic amines) is 1. The van der Waals surface area contributed by atoms with Gasteiger partial charge in [-0.2, -0.15) is 0 Å². The molecule has 1 aromatic heterocycles. The maximum absolute atomic E-state index is 12.0. The summed E-state index contributed by atoms with van der Waals surface area (Å²) in [5.74, 6) is -0.102. The van der Waals surface area contributed by atoms with Crippen LogP contribution in [-0.4, -0.2) is 49.4 Å².